The lowest BCUT2D eigenvalue weighted by atomic mass is 10.0. The quantitative estimate of drug-likeness (QED) is 0.727. The molecule has 138 valence electrons. The minimum atomic E-state index is -0.0247. The molecule has 6 heteroatoms. The topological polar surface area (TPSA) is 60.5 Å². The lowest BCUT2D eigenvalue weighted by Gasteiger charge is -2.26. The number of para-hydroxylation sites is 1. The van der Waals surface area contributed by atoms with Crippen molar-refractivity contribution in [3.8, 4) is 22.1 Å². The summed E-state index contributed by atoms with van der Waals surface area (Å²) in [5.74, 6) is 1.64. The normalized spacial score (nSPS) is 15.5. The monoisotopic (exact) mass is 380 g/mol. The number of carbonyl (C=O) groups is 1. The van der Waals surface area contributed by atoms with Gasteiger partial charge in [0, 0.05) is 22.9 Å². The van der Waals surface area contributed by atoms with Crippen molar-refractivity contribution in [2.75, 3.05) is 13.7 Å². The molecular formula is C21H20N2O3S. The second kappa shape index (κ2) is 7.80. The van der Waals surface area contributed by atoms with Gasteiger partial charge in [-0.1, -0.05) is 18.2 Å². The maximum absolute atomic E-state index is 12.5. The Morgan fingerprint density at radius 2 is 2.07 bits per heavy atom. The van der Waals surface area contributed by atoms with E-state index in [0.717, 1.165) is 39.7 Å². The molecule has 0 fully saturated rings. The molecule has 1 N–H and O–H groups in total. The van der Waals surface area contributed by atoms with E-state index in [2.05, 4.69) is 10.3 Å². The van der Waals surface area contributed by atoms with Gasteiger partial charge in [-0.15, -0.1) is 11.3 Å². The molecule has 0 radical (unpaired) electrons. The lowest BCUT2D eigenvalue weighted by Crippen LogP contribution is -2.33. The predicted molar refractivity (Wildman–Crippen MR) is 105 cm³/mol. The average molecular weight is 380 g/mol. The van der Waals surface area contributed by atoms with Crippen LogP contribution in [0.15, 0.2) is 53.9 Å². The largest absolute Gasteiger partial charge is 0.497 e. The van der Waals surface area contributed by atoms with Crippen LogP contribution in [0.3, 0.4) is 0 Å². The van der Waals surface area contributed by atoms with Crippen molar-refractivity contribution in [1.82, 2.24) is 10.3 Å². The second-order valence-electron chi connectivity index (χ2n) is 6.34. The number of ether oxygens (including phenoxy) is 2. The molecule has 1 aliphatic rings. The first-order valence-electron chi connectivity index (χ1n) is 8.83. The van der Waals surface area contributed by atoms with Crippen molar-refractivity contribution >= 4 is 17.2 Å². The molecule has 1 atom stereocenters. The molecule has 0 aliphatic carbocycles. The van der Waals surface area contributed by atoms with Crippen LogP contribution in [0.4, 0.5) is 0 Å². The number of carbonyl (C=O) groups excluding carboxylic acids is 1. The van der Waals surface area contributed by atoms with Crippen LogP contribution in [0.25, 0.3) is 10.6 Å². The minimum Gasteiger partial charge on any atom is -0.497 e. The Morgan fingerprint density at radius 3 is 2.89 bits per heavy atom. The first-order valence-corrected chi connectivity index (χ1v) is 9.71. The third kappa shape index (κ3) is 3.95. The number of thiazole rings is 1. The number of fused-ring (bicyclic) bond motifs is 1. The summed E-state index contributed by atoms with van der Waals surface area (Å²) < 4.78 is 10.8. The predicted octanol–water partition coefficient (Wildman–Crippen LogP) is 4.00. The van der Waals surface area contributed by atoms with Gasteiger partial charge in [-0.3, -0.25) is 4.79 Å². The molecule has 1 aliphatic heterocycles. The highest BCUT2D eigenvalue weighted by Crippen LogP contribution is 2.31. The van der Waals surface area contributed by atoms with Gasteiger partial charge in [-0.05, 0) is 30.3 Å². The van der Waals surface area contributed by atoms with E-state index >= 15 is 0 Å². The van der Waals surface area contributed by atoms with Gasteiger partial charge < -0.3 is 14.8 Å². The van der Waals surface area contributed by atoms with Gasteiger partial charge in [0.05, 0.1) is 31.9 Å². The summed E-state index contributed by atoms with van der Waals surface area (Å²) in [7, 11) is 1.64. The average Bonchev–Trinajstić information content (AvgIpc) is 3.16. The molecule has 2 heterocycles. The number of amides is 1. The third-order valence-corrected chi connectivity index (χ3v) is 5.46. The highest BCUT2D eigenvalue weighted by Gasteiger charge is 2.22. The number of aromatic nitrogens is 1. The molecular weight excluding hydrogens is 360 g/mol. The van der Waals surface area contributed by atoms with E-state index in [1.54, 1.807) is 18.4 Å². The number of methoxy groups -OCH3 is 1. The van der Waals surface area contributed by atoms with Crippen LogP contribution < -0.4 is 14.8 Å². The van der Waals surface area contributed by atoms with Crippen LogP contribution in [-0.4, -0.2) is 24.6 Å². The number of nitrogens with one attached hydrogen (secondary N) is 1. The van der Waals surface area contributed by atoms with Crippen molar-refractivity contribution in [2.45, 2.75) is 18.9 Å². The minimum absolute atomic E-state index is 0.0119. The van der Waals surface area contributed by atoms with Crippen LogP contribution in [0.5, 0.6) is 11.5 Å². The van der Waals surface area contributed by atoms with E-state index in [4.69, 9.17) is 9.47 Å². The van der Waals surface area contributed by atoms with Crippen molar-refractivity contribution < 1.29 is 14.3 Å². The van der Waals surface area contributed by atoms with Crippen LogP contribution in [0.2, 0.25) is 0 Å². The van der Waals surface area contributed by atoms with Crippen molar-refractivity contribution in [3.63, 3.8) is 0 Å². The highest BCUT2D eigenvalue weighted by atomic mass is 32.1. The molecule has 5 nitrogen and oxygen atoms in total. The van der Waals surface area contributed by atoms with Crippen molar-refractivity contribution in [3.05, 3.63) is 65.2 Å². The van der Waals surface area contributed by atoms with E-state index in [1.807, 2.05) is 53.9 Å². The van der Waals surface area contributed by atoms with Crippen LogP contribution in [-0.2, 0) is 11.2 Å². The summed E-state index contributed by atoms with van der Waals surface area (Å²) in [4.78, 5) is 17.1. The van der Waals surface area contributed by atoms with E-state index in [1.165, 1.54) is 0 Å². The van der Waals surface area contributed by atoms with Gasteiger partial charge in [0.25, 0.3) is 0 Å². The summed E-state index contributed by atoms with van der Waals surface area (Å²) in [6, 6.07) is 15.6. The smallest absolute Gasteiger partial charge is 0.226 e. The Hall–Kier alpha value is -2.86. The van der Waals surface area contributed by atoms with Gasteiger partial charge in [0.1, 0.15) is 16.5 Å². The zero-order valence-electron chi connectivity index (χ0n) is 15.0. The van der Waals surface area contributed by atoms with E-state index < -0.39 is 0 Å². The zero-order valence-corrected chi connectivity index (χ0v) is 15.8. The SMILES string of the molecule is COc1ccc(-c2nc(CC(=O)NC3CCOc4ccccc43)cs2)cc1. The molecule has 1 amide bonds. The van der Waals surface area contributed by atoms with E-state index in [0.29, 0.717) is 6.61 Å². The third-order valence-electron chi connectivity index (χ3n) is 4.52. The van der Waals surface area contributed by atoms with Crippen molar-refractivity contribution in [2.24, 2.45) is 0 Å². The summed E-state index contributed by atoms with van der Waals surface area (Å²) in [6.45, 7) is 0.611. The zero-order chi connectivity index (χ0) is 18.6. The van der Waals surface area contributed by atoms with Crippen LogP contribution >= 0.6 is 11.3 Å². The van der Waals surface area contributed by atoms with Crippen molar-refractivity contribution in [1.29, 1.82) is 0 Å². The molecule has 2 aromatic carbocycles. The Bertz CT molecular complexity index is 937. The summed E-state index contributed by atoms with van der Waals surface area (Å²) >= 11 is 1.54. The first-order chi connectivity index (χ1) is 13.2. The number of hydrogen-bond acceptors (Lipinski definition) is 5. The Morgan fingerprint density at radius 1 is 1.26 bits per heavy atom. The van der Waals surface area contributed by atoms with Gasteiger partial charge in [-0.25, -0.2) is 4.98 Å². The van der Waals surface area contributed by atoms with Crippen LogP contribution in [0, 0.1) is 0 Å². The molecule has 3 aromatic rings. The fourth-order valence-corrected chi connectivity index (χ4v) is 3.98. The Labute approximate surface area is 162 Å². The Balaban J connectivity index is 1.41. The molecule has 0 saturated carbocycles. The summed E-state index contributed by atoms with van der Waals surface area (Å²) in [6.07, 6.45) is 1.04. The maximum Gasteiger partial charge on any atom is 0.226 e. The van der Waals surface area contributed by atoms with Crippen LogP contribution in [0.1, 0.15) is 23.7 Å². The first kappa shape index (κ1) is 17.5. The molecule has 0 saturated heterocycles. The molecule has 1 aromatic heterocycles. The highest BCUT2D eigenvalue weighted by molar-refractivity contribution is 7.13. The fraction of sp³-hybridized carbons (Fsp3) is 0.238. The maximum atomic E-state index is 12.5. The summed E-state index contributed by atoms with van der Waals surface area (Å²) in [5, 5.41) is 5.96. The second-order valence-corrected chi connectivity index (χ2v) is 7.20. The van der Waals surface area contributed by atoms with Gasteiger partial charge in [0.2, 0.25) is 5.91 Å². The van der Waals surface area contributed by atoms with Gasteiger partial charge in [0.15, 0.2) is 0 Å². The van der Waals surface area contributed by atoms with E-state index in [-0.39, 0.29) is 18.4 Å². The Kier molecular flexibility index (Phi) is 5.07. The lowest BCUT2D eigenvalue weighted by molar-refractivity contribution is -0.121. The number of hydrogen-bond donors (Lipinski definition) is 1. The summed E-state index contributed by atoms with van der Waals surface area (Å²) in [5.41, 5.74) is 2.84. The molecule has 4 rings (SSSR count). The molecule has 0 bridgehead atoms. The van der Waals surface area contributed by atoms with Gasteiger partial charge in [-0.2, -0.15) is 0 Å². The van der Waals surface area contributed by atoms with E-state index in [9.17, 15) is 4.79 Å². The molecule has 1 unspecified atom stereocenters. The van der Waals surface area contributed by atoms with Gasteiger partial charge >= 0.3 is 0 Å². The molecule has 0 spiro atoms. The fourth-order valence-electron chi connectivity index (χ4n) is 3.16. The number of benzene rings is 2. The molecule has 27 heavy (non-hydrogen) atoms. The standard InChI is InChI=1S/C21H20N2O3S/c1-25-16-8-6-14(7-9-16)21-22-15(13-27-21)12-20(24)23-18-10-11-26-19-5-3-2-4-17(18)19/h2-9,13,18H,10-12H2,1H3,(H,23,24). The number of nitrogens with zero attached hydrogens (tertiary/aromatic N) is 1. The number of rotatable bonds is 5.